The van der Waals surface area contributed by atoms with Crippen LogP contribution < -0.4 is 15.0 Å². The molecule has 146 valence electrons. The molecule has 1 aliphatic rings. The maximum atomic E-state index is 11.4. The van der Waals surface area contributed by atoms with Gasteiger partial charge in [0, 0.05) is 48.0 Å². The SMILES string of the molecule is CC1(Oc2ccc(Cl)cc2)CCN(CCOc2ccc3[nH]c(=O)ccc3c2)C1. The average molecular weight is 399 g/mol. The van der Waals surface area contributed by atoms with Crippen molar-refractivity contribution in [2.75, 3.05) is 26.2 Å². The quantitative estimate of drug-likeness (QED) is 0.679. The third-order valence-corrected chi connectivity index (χ3v) is 5.32. The lowest BCUT2D eigenvalue weighted by Gasteiger charge is -2.26. The molecule has 0 radical (unpaired) electrons. The zero-order valence-corrected chi connectivity index (χ0v) is 16.5. The zero-order chi connectivity index (χ0) is 19.6. The molecule has 3 aromatic rings. The number of rotatable bonds is 6. The predicted molar refractivity (Wildman–Crippen MR) is 112 cm³/mol. The highest BCUT2D eigenvalue weighted by Crippen LogP contribution is 2.28. The van der Waals surface area contributed by atoms with Crippen molar-refractivity contribution in [3.05, 3.63) is 70.0 Å². The summed E-state index contributed by atoms with van der Waals surface area (Å²) in [6.07, 6.45) is 0.971. The lowest BCUT2D eigenvalue weighted by atomic mass is 10.1. The van der Waals surface area contributed by atoms with Crippen LogP contribution in [0.1, 0.15) is 13.3 Å². The molecular weight excluding hydrogens is 376 g/mol. The van der Waals surface area contributed by atoms with Crippen LogP contribution in [0.15, 0.2) is 59.4 Å². The molecular formula is C22H23ClN2O3. The number of halogens is 1. The number of fused-ring (bicyclic) bond motifs is 1. The lowest BCUT2D eigenvalue weighted by molar-refractivity contribution is 0.0935. The largest absolute Gasteiger partial charge is 0.492 e. The van der Waals surface area contributed by atoms with Crippen LogP contribution in [0.5, 0.6) is 11.5 Å². The highest BCUT2D eigenvalue weighted by Gasteiger charge is 2.35. The van der Waals surface area contributed by atoms with Crippen LogP contribution in [-0.4, -0.2) is 41.7 Å². The Hall–Kier alpha value is -2.50. The number of H-pyrrole nitrogens is 1. The Bertz CT molecular complexity index is 1020. The molecule has 1 N–H and O–H groups in total. The average Bonchev–Trinajstić information content (AvgIpc) is 3.04. The van der Waals surface area contributed by atoms with Crippen LogP contribution in [0, 0.1) is 0 Å². The van der Waals surface area contributed by atoms with Gasteiger partial charge in [0.15, 0.2) is 0 Å². The first kappa shape index (κ1) is 18.8. The summed E-state index contributed by atoms with van der Waals surface area (Å²) in [5.74, 6) is 1.65. The molecule has 0 amide bonds. The minimum absolute atomic E-state index is 0.0981. The first-order valence-corrected chi connectivity index (χ1v) is 9.80. The maximum Gasteiger partial charge on any atom is 0.248 e. The van der Waals surface area contributed by atoms with Gasteiger partial charge >= 0.3 is 0 Å². The second-order valence-electron chi connectivity index (χ2n) is 7.45. The molecule has 1 aliphatic heterocycles. The molecule has 0 bridgehead atoms. The topological polar surface area (TPSA) is 54.6 Å². The van der Waals surface area contributed by atoms with Gasteiger partial charge in [0.1, 0.15) is 23.7 Å². The normalized spacial score (nSPS) is 19.8. The van der Waals surface area contributed by atoms with Crippen molar-refractivity contribution in [3.63, 3.8) is 0 Å². The molecule has 1 fully saturated rings. The second kappa shape index (κ2) is 7.86. The molecule has 2 aromatic carbocycles. The van der Waals surface area contributed by atoms with Gasteiger partial charge in [-0.2, -0.15) is 0 Å². The van der Waals surface area contributed by atoms with E-state index in [-0.39, 0.29) is 11.2 Å². The number of pyridine rings is 1. The fourth-order valence-corrected chi connectivity index (χ4v) is 3.73. The number of nitrogens with zero attached hydrogens (tertiary/aromatic N) is 1. The van der Waals surface area contributed by atoms with Crippen molar-refractivity contribution in [2.45, 2.75) is 18.9 Å². The van der Waals surface area contributed by atoms with Crippen LogP contribution >= 0.6 is 11.6 Å². The Balaban J connectivity index is 1.29. The third kappa shape index (κ3) is 4.49. The van der Waals surface area contributed by atoms with Crippen molar-refractivity contribution in [3.8, 4) is 11.5 Å². The lowest BCUT2D eigenvalue weighted by Crippen LogP contribution is -2.37. The fourth-order valence-electron chi connectivity index (χ4n) is 3.60. The van der Waals surface area contributed by atoms with E-state index in [0.717, 1.165) is 48.5 Å². The van der Waals surface area contributed by atoms with Crippen LogP contribution in [-0.2, 0) is 0 Å². The molecule has 6 heteroatoms. The van der Waals surface area contributed by atoms with E-state index in [1.54, 1.807) is 6.07 Å². The number of ether oxygens (including phenoxy) is 2. The standard InChI is InChI=1S/C22H23ClN2O3/c1-22(28-18-5-3-17(23)4-6-18)10-11-25(15-22)12-13-27-19-7-8-20-16(14-19)2-9-21(26)24-20/h2-9,14H,10-13,15H2,1H3,(H,24,26). The molecule has 4 rings (SSSR count). The minimum atomic E-state index is -0.206. The van der Waals surface area contributed by atoms with E-state index in [4.69, 9.17) is 21.1 Å². The highest BCUT2D eigenvalue weighted by atomic mass is 35.5. The first-order valence-electron chi connectivity index (χ1n) is 9.42. The zero-order valence-electron chi connectivity index (χ0n) is 15.8. The summed E-state index contributed by atoms with van der Waals surface area (Å²) >= 11 is 5.94. The summed E-state index contributed by atoms with van der Waals surface area (Å²) in [7, 11) is 0. The highest BCUT2D eigenvalue weighted by molar-refractivity contribution is 6.30. The van der Waals surface area contributed by atoms with E-state index in [9.17, 15) is 4.79 Å². The van der Waals surface area contributed by atoms with Gasteiger partial charge in [-0.1, -0.05) is 11.6 Å². The van der Waals surface area contributed by atoms with Crippen LogP contribution in [0.3, 0.4) is 0 Å². The van der Waals surface area contributed by atoms with Crippen molar-refractivity contribution in [1.82, 2.24) is 9.88 Å². The van der Waals surface area contributed by atoms with Crippen molar-refractivity contribution in [2.24, 2.45) is 0 Å². The maximum absolute atomic E-state index is 11.4. The molecule has 1 aromatic heterocycles. The molecule has 0 spiro atoms. The number of likely N-dealkylation sites (tertiary alicyclic amines) is 1. The summed E-state index contributed by atoms with van der Waals surface area (Å²) in [5.41, 5.74) is 0.511. The Labute approximate surface area is 168 Å². The molecule has 2 heterocycles. The van der Waals surface area contributed by atoms with E-state index in [0.29, 0.717) is 11.6 Å². The first-order chi connectivity index (χ1) is 13.5. The number of aromatic nitrogens is 1. The third-order valence-electron chi connectivity index (χ3n) is 5.06. The summed E-state index contributed by atoms with van der Waals surface area (Å²) in [5, 5.41) is 1.67. The smallest absolute Gasteiger partial charge is 0.248 e. The summed E-state index contributed by atoms with van der Waals surface area (Å²) < 4.78 is 12.1. The number of hydrogen-bond acceptors (Lipinski definition) is 4. The van der Waals surface area contributed by atoms with Gasteiger partial charge < -0.3 is 14.5 Å². The summed E-state index contributed by atoms with van der Waals surface area (Å²) in [6, 6.07) is 16.6. The van der Waals surface area contributed by atoms with Gasteiger partial charge in [0.05, 0.1) is 0 Å². The fraction of sp³-hybridized carbons (Fsp3) is 0.318. The van der Waals surface area contributed by atoms with Crippen molar-refractivity contribution in [1.29, 1.82) is 0 Å². The molecule has 1 saturated heterocycles. The molecule has 28 heavy (non-hydrogen) atoms. The van der Waals surface area contributed by atoms with Gasteiger partial charge in [-0.3, -0.25) is 9.69 Å². The number of hydrogen-bond donors (Lipinski definition) is 1. The van der Waals surface area contributed by atoms with E-state index in [1.807, 2.05) is 42.5 Å². The Morgan fingerprint density at radius 1 is 1.11 bits per heavy atom. The van der Waals surface area contributed by atoms with Gasteiger partial charge in [0.2, 0.25) is 5.56 Å². The summed E-state index contributed by atoms with van der Waals surface area (Å²) in [4.78, 5) is 16.5. The number of benzene rings is 2. The van der Waals surface area contributed by atoms with E-state index in [2.05, 4.69) is 16.8 Å². The minimum Gasteiger partial charge on any atom is -0.492 e. The van der Waals surface area contributed by atoms with Gasteiger partial charge in [0.25, 0.3) is 0 Å². The second-order valence-corrected chi connectivity index (χ2v) is 7.89. The Morgan fingerprint density at radius 2 is 1.89 bits per heavy atom. The van der Waals surface area contributed by atoms with E-state index in [1.165, 1.54) is 6.07 Å². The molecule has 5 nitrogen and oxygen atoms in total. The molecule has 0 aliphatic carbocycles. The monoisotopic (exact) mass is 398 g/mol. The van der Waals surface area contributed by atoms with Gasteiger partial charge in [-0.05, 0) is 55.5 Å². The Morgan fingerprint density at radius 3 is 2.71 bits per heavy atom. The summed E-state index contributed by atoms with van der Waals surface area (Å²) in [6.45, 7) is 5.42. The van der Waals surface area contributed by atoms with Gasteiger partial charge in [-0.25, -0.2) is 0 Å². The molecule has 1 unspecified atom stereocenters. The predicted octanol–water partition coefficient (Wildman–Crippen LogP) is 4.10. The van der Waals surface area contributed by atoms with Crippen molar-refractivity contribution < 1.29 is 9.47 Å². The van der Waals surface area contributed by atoms with Crippen molar-refractivity contribution >= 4 is 22.5 Å². The van der Waals surface area contributed by atoms with Gasteiger partial charge in [-0.15, -0.1) is 0 Å². The van der Waals surface area contributed by atoms with E-state index >= 15 is 0 Å². The number of nitrogens with one attached hydrogen (secondary N) is 1. The molecule has 1 atom stereocenters. The van der Waals surface area contributed by atoms with Crippen LogP contribution in [0.2, 0.25) is 5.02 Å². The van der Waals surface area contributed by atoms with Crippen LogP contribution in [0.4, 0.5) is 0 Å². The number of aromatic amines is 1. The molecule has 0 saturated carbocycles. The van der Waals surface area contributed by atoms with Crippen LogP contribution in [0.25, 0.3) is 10.9 Å². The Kier molecular flexibility index (Phi) is 5.29. The van der Waals surface area contributed by atoms with E-state index < -0.39 is 0 Å².